The van der Waals surface area contributed by atoms with Gasteiger partial charge in [0.15, 0.2) is 0 Å². The van der Waals surface area contributed by atoms with Crippen molar-refractivity contribution in [1.29, 1.82) is 0 Å². The molecule has 5 aliphatic carbocycles. The zero-order valence-electron chi connectivity index (χ0n) is 24.2. The Balaban J connectivity index is 1.50. The van der Waals surface area contributed by atoms with Crippen LogP contribution in [0.3, 0.4) is 0 Å². The second-order valence-corrected chi connectivity index (χ2v) is 15.2. The van der Waals surface area contributed by atoms with Gasteiger partial charge in [0.1, 0.15) is 6.10 Å². The van der Waals surface area contributed by atoms with E-state index in [9.17, 15) is 14.7 Å². The Morgan fingerprint density at radius 3 is 2.22 bits per heavy atom. The van der Waals surface area contributed by atoms with Crippen LogP contribution in [-0.2, 0) is 14.3 Å². The predicted octanol–water partition coefficient (Wildman–Crippen LogP) is 6.60. The summed E-state index contributed by atoms with van der Waals surface area (Å²) in [6, 6.07) is 0. The molecule has 0 aliphatic heterocycles. The van der Waals surface area contributed by atoms with Crippen molar-refractivity contribution >= 4 is 11.9 Å². The number of carboxylic acids is 1. The van der Waals surface area contributed by atoms with Gasteiger partial charge in [-0.2, -0.15) is 0 Å². The van der Waals surface area contributed by atoms with Crippen LogP contribution in [0.2, 0.25) is 0 Å². The first kappa shape index (κ1) is 27.2. The van der Waals surface area contributed by atoms with Crippen molar-refractivity contribution in [2.45, 2.75) is 112 Å². The van der Waals surface area contributed by atoms with Crippen LogP contribution in [0.5, 0.6) is 0 Å². The van der Waals surface area contributed by atoms with Crippen LogP contribution in [-0.4, -0.2) is 29.7 Å². The molecule has 5 nitrogen and oxygen atoms in total. The number of allylic oxidation sites excluding steroid dienone is 1. The molecule has 0 heterocycles. The fourth-order valence-electron chi connectivity index (χ4n) is 11.9. The second-order valence-electron chi connectivity index (χ2n) is 15.2. The molecule has 5 saturated carbocycles. The van der Waals surface area contributed by atoms with Crippen molar-refractivity contribution in [1.82, 2.24) is 0 Å². The molecule has 0 saturated heterocycles. The summed E-state index contributed by atoms with van der Waals surface area (Å²) in [5, 5.41) is 10.6. The van der Waals surface area contributed by atoms with E-state index in [1.807, 2.05) is 0 Å². The zero-order valence-corrected chi connectivity index (χ0v) is 24.2. The highest BCUT2D eigenvalue weighted by Crippen LogP contribution is 2.77. The number of rotatable bonds is 4. The fourth-order valence-corrected chi connectivity index (χ4v) is 11.9. The molecule has 0 aromatic carbocycles. The molecule has 5 rings (SSSR count). The molecule has 37 heavy (non-hydrogen) atoms. The Bertz CT molecular complexity index is 989. The lowest BCUT2D eigenvalue weighted by atomic mass is 9.32. The molecule has 0 spiro atoms. The third-order valence-corrected chi connectivity index (χ3v) is 13.9. The second kappa shape index (κ2) is 8.57. The number of fused-ring (bicyclic) bond motifs is 7. The maximum Gasteiger partial charge on any atom is 0.319 e. The lowest BCUT2D eigenvalue weighted by Gasteiger charge is -2.72. The van der Waals surface area contributed by atoms with Gasteiger partial charge in [0.05, 0.1) is 12.0 Å². The van der Waals surface area contributed by atoms with E-state index >= 15 is 0 Å². The Kier molecular flexibility index (Phi) is 6.30. The van der Waals surface area contributed by atoms with E-state index in [-0.39, 0.29) is 46.2 Å². The van der Waals surface area contributed by atoms with Crippen LogP contribution in [0.15, 0.2) is 12.2 Å². The van der Waals surface area contributed by atoms with Crippen LogP contribution < -0.4 is 5.73 Å². The molecule has 0 amide bonds. The van der Waals surface area contributed by atoms with E-state index in [0.29, 0.717) is 23.7 Å². The van der Waals surface area contributed by atoms with Crippen LogP contribution >= 0.6 is 0 Å². The van der Waals surface area contributed by atoms with Crippen LogP contribution in [0.25, 0.3) is 0 Å². The molecular formula is C32H51NO4. The highest BCUT2D eigenvalue weighted by atomic mass is 16.5. The van der Waals surface area contributed by atoms with Crippen LogP contribution in [0.4, 0.5) is 0 Å². The van der Waals surface area contributed by atoms with Crippen molar-refractivity contribution < 1.29 is 19.4 Å². The average molecular weight is 514 g/mol. The van der Waals surface area contributed by atoms with Gasteiger partial charge >= 0.3 is 11.9 Å². The summed E-state index contributed by atoms with van der Waals surface area (Å²) in [7, 11) is 0. The Labute approximate surface area is 224 Å². The van der Waals surface area contributed by atoms with Crippen LogP contribution in [0, 0.1) is 56.7 Å². The minimum Gasteiger partial charge on any atom is -0.481 e. The number of carbonyl (C=O) groups excluding carboxylic acids is 1. The van der Waals surface area contributed by atoms with Gasteiger partial charge in [-0.1, -0.05) is 46.8 Å². The van der Waals surface area contributed by atoms with E-state index in [0.717, 1.165) is 51.4 Å². The van der Waals surface area contributed by atoms with Gasteiger partial charge in [-0.05, 0) is 117 Å². The molecule has 0 bridgehead atoms. The first-order chi connectivity index (χ1) is 17.2. The average Bonchev–Trinajstić information content (AvgIpc) is 3.23. The molecule has 5 fully saturated rings. The molecule has 4 unspecified atom stereocenters. The number of esters is 1. The standard InChI is InChI=1S/C32H51NO4/c1-19(2)20-10-15-32(27(35)36)17-16-30(6)21(26(20)32)8-9-23-29(5)13-12-24(37-25(34)18-33)28(3,4)22(29)11-14-31(23,30)7/h20-24,26H,1,8-18,33H2,2-7H3,(H,35,36)/t20-,21?,22?,23?,24-,26?,29-,30+,31+,32-/m0/s1. The molecule has 0 radical (unpaired) electrons. The van der Waals surface area contributed by atoms with Crippen molar-refractivity contribution in [2.75, 3.05) is 6.54 Å². The SMILES string of the molecule is C=C(C)[C@@H]1CC[C@]2(C(=O)O)CC[C@]3(C)C(CCC4[C@@]5(C)CC[C@H](OC(=O)CN)C(C)(C)C5CC[C@]43C)C12. The van der Waals surface area contributed by atoms with E-state index in [1.165, 1.54) is 18.4 Å². The van der Waals surface area contributed by atoms with Gasteiger partial charge in [-0.3, -0.25) is 9.59 Å². The van der Waals surface area contributed by atoms with Gasteiger partial charge in [0.25, 0.3) is 0 Å². The summed E-state index contributed by atoms with van der Waals surface area (Å²) in [6.45, 7) is 18.7. The smallest absolute Gasteiger partial charge is 0.319 e. The number of carboxylic acid groups (broad SMARTS) is 1. The van der Waals surface area contributed by atoms with Crippen molar-refractivity contribution in [2.24, 2.45) is 62.4 Å². The lowest BCUT2D eigenvalue weighted by molar-refractivity contribution is -0.250. The molecule has 0 aromatic heterocycles. The minimum atomic E-state index is -0.564. The van der Waals surface area contributed by atoms with E-state index in [2.05, 4.69) is 48.1 Å². The summed E-state index contributed by atoms with van der Waals surface area (Å²) < 4.78 is 5.90. The molecule has 5 heteroatoms. The Morgan fingerprint density at radius 2 is 1.59 bits per heavy atom. The predicted molar refractivity (Wildman–Crippen MR) is 146 cm³/mol. The summed E-state index contributed by atoms with van der Waals surface area (Å²) in [5.41, 5.74) is 6.65. The van der Waals surface area contributed by atoms with Crippen molar-refractivity contribution in [3.63, 3.8) is 0 Å². The van der Waals surface area contributed by atoms with Crippen molar-refractivity contribution in [3.05, 3.63) is 12.2 Å². The number of ether oxygens (including phenoxy) is 1. The summed E-state index contributed by atoms with van der Waals surface area (Å²) >= 11 is 0. The molecule has 3 N–H and O–H groups in total. The number of aliphatic carboxylic acids is 1. The van der Waals surface area contributed by atoms with E-state index in [4.69, 9.17) is 10.5 Å². The van der Waals surface area contributed by atoms with Gasteiger partial charge in [0, 0.05) is 5.41 Å². The molecular weight excluding hydrogens is 462 g/mol. The van der Waals surface area contributed by atoms with Gasteiger partial charge in [-0.15, -0.1) is 0 Å². The highest BCUT2D eigenvalue weighted by Gasteiger charge is 2.72. The zero-order chi connectivity index (χ0) is 27.2. The van der Waals surface area contributed by atoms with Gasteiger partial charge in [-0.25, -0.2) is 0 Å². The lowest BCUT2D eigenvalue weighted by Crippen LogP contribution is -2.67. The first-order valence-corrected chi connectivity index (χ1v) is 15.0. The summed E-state index contributed by atoms with van der Waals surface area (Å²) in [5.74, 6) is 1.25. The number of hydrogen-bond donors (Lipinski definition) is 2. The van der Waals surface area contributed by atoms with E-state index < -0.39 is 11.4 Å². The summed E-state index contributed by atoms with van der Waals surface area (Å²) in [6.07, 6.45) is 10.2. The Morgan fingerprint density at radius 1 is 0.892 bits per heavy atom. The van der Waals surface area contributed by atoms with Crippen molar-refractivity contribution in [3.8, 4) is 0 Å². The maximum absolute atomic E-state index is 12.8. The number of nitrogens with two attached hydrogens (primary N) is 1. The van der Waals surface area contributed by atoms with E-state index in [1.54, 1.807) is 0 Å². The fraction of sp³-hybridized carbons (Fsp3) is 0.875. The quantitative estimate of drug-likeness (QED) is 0.326. The van der Waals surface area contributed by atoms with Crippen LogP contribution in [0.1, 0.15) is 106 Å². The number of hydrogen-bond acceptors (Lipinski definition) is 4. The number of carbonyl (C=O) groups is 2. The molecule has 5 aliphatic rings. The normalized spacial score (nSPS) is 50.1. The molecule has 208 valence electrons. The Hall–Kier alpha value is -1.36. The topological polar surface area (TPSA) is 89.6 Å². The minimum absolute atomic E-state index is 0.0564. The summed E-state index contributed by atoms with van der Waals surface area (Å²) in [4.78, 5) is 25.0. The maximum atomic E-state index is 12.8. The third kappa shape index (κ3) is 3.44. The van der Waals surface area contributed by atoms with Gasteiger partial charge in [0.2, 0.25) is 0 Å². The first-order valence-electron chi connectivity index (χ1n) is 15.0. The highest BCUT2D eigenvalue weighted by molar-refractivity contribution is 5.76. The monoisotopic (exact) mass is 513 g/mol. The molecule has 0 aromatic rings. The molecule has 10 atom stereocenters. The largest absolute Gasteiger partial charge is 0.481 e. The third-order valence-electron chi connectivity index (χ3n) is 13.9. The van der Waals surface area contributed by atoms with Gasteiger partial charge < -0.3 is 15.6 Å².